The molecular formula is C21H30N4O3. The number of hydrogen-bond donors (Lipinski definition) is 0. The van der Waals surface area contributed by atoms with Gasteiger partial charge < -0.3 is 9.80 Å². The van der Waals surface area contributed by atoms with Crippen molar-refractivity contribution in [2.45, 2.75) is 39.2 Å². The summed E-state index contributed by atoms with van der Waals surface area (Å²) < 4.78 is 0. The quantitative estimate of drug-likeness (QED) is 0.723. The third-order valence-corrected chi connectivity index (χ3v) is 5.65. The van der Waals surface area contributed by atoms with Gasteiger partial charge in [-0.15, -0.1) is 0 Å². The van der Waals surface area contributed by atoms with E-state index >= 15 is 0 Å². The van der Waals surface area contributed by atoms with E-state index in [1.165, 1.54) is 4.90 Å². The molecule has 0 N–H and O–H groups in total. The molecule has 2 aliphatic rings. The van der Waals surface area contributed by atoms with Gasteiger partial charge in [0.05, 0.1) is 12.1 Å². The van der Waals surface area contributed by atoms with Gasteiger partial charge in [-0.25, -0.2) is 4.79 Å². The van der Waals surface area contributed by atoms with E-state index in [1.54, 1.807) is 4.90 Å². The number of carbonyl (C=O) groups excluding carboxylic acids is 3. The van der Waals surface area contributed by atoms with E-state index in [4.69, 9.17) is 0 Å². The number of benzene rings is 1. The summed E-state index contributed by atoms with van der Waals surface area (Å²) in [4.78, 5) is 44.5. The fraction of sp³-hybridized carbons (Fsp3) is 0.571. The molecule has 2 heterocycles. The van der Waals surface area contributed by atoms with Crippen molar-refractivity contribution in [2.24, 2.45) is 0 Å². The second-order valence-corrected chi connectivity index (χ2v) is 8.38. The van der Waals surface area contributed by atoms with Crippen molar-refractivity contribution in [1.82, 2.24) is 19.6 Å². The Bertz CT molecular complexity index is 739. The zero-order chi connectivity index (χ0) is 20.5. The molecule has 4 amide bonds. The normalized spacial score (nSPS) is 19.1. The molecule has 0 atom stereocenters. The lowest BCUT2D eigenvalue weighted by atomic mass is 9.83. The molecule has 2 saturated heterocycles. The number of amides is 4. The van der Waals surface area contributed by atoms with Crippen LogP contribution in [0.5, 0.6) is 0 Å². The van der Waals surface area contributed by atoms with Crippen LogP contribution in [0.15, 0.2) is 30.3 Å². The van der Waals surface area contributed by atoms with Gasteiger partial charge in [-0.2, -0.15) is 0 Å². The maximum Gasteiger partial charge on any atom is 0.328 e. The summed E-state index contributed by atoms with van der Waals surface area (Å²) >= 11 is 0. The van der Waals surface area contributed by atoms with Crippen LogP contribution in [0.2, 0.25) is 0 Å². The van der Waals surface area contributed by atoms with Crippen LogP contribution >= 0.6 is 0 Å². The highest BCUT2D eigenvalue weighted by atomic mass is 16.2. The van der Waals surface area contributed by atoms with Gasteiger partial charge in [-0.05, 0) is 33.3 Å². The molecule has 0 bridgehead atoms. The Morgan fingerprint density at radius 1 is 1.04 bits per heavy atom. The van der Waals surface area contributed by atoms with E-state index < -0.39 is 5.41 Å². The molecule has 0 saturated carbocycles. The lowest BCUT2D eigenvalue weighted by Gasteiger charge is -2.39. The minimum atomic E-state index is -0.571. The molecule has 1 aromatic carbocycles. The highest BCUT2D eigenvalue weighted by Gasteiger charge is 2.39. The van der Waals surface area contributed by atoms with Gasteiger partial charge in [0.15, 0.2) is 0 Å². The van der Waals surface area contributed by atoms with Crippen molar-refractivity contribution in [3.63, 3.8) is 0 Å². The van der Waals surface area contributed by atoms with E-state index in [1.807, 2.05) is 62.9 Å². The number of imide groups is 1. The molecule has 1 aromatic rings. The summed E-state index contributed by atoms with van der Waals surface area (Å²) in [7, 11) is 0. The highest BCUT2D eigenvalue weighted by Crippen LogP contribution is 2.26. The average molecular weight is 386 g/mol. The molecule has 152 valence electrons. The Morgan fingerprint density at radius 2 is 1.64 bits per heavy atom. The second kappa shape index (κ2) is 7.91. The van der Waals surface area contributed by atoms with Gasteiger partial charge >= 0.3 is 6.03 Å². The minimum absolute atomic E-state index is 0.122. The van der Waals surface area contributed by atoms with Gasteiger partial charge in [0, 0.05) is 32.2 Å². The van der Waals surface area contributed by atoms with Crippen LogP contribution in [0.3, 0.4) is 0 Å². The van der Waals surface area contributed by atoms with Crippen molar-refractivity contribution in [3.8, 4) is 0 Å². The minimum Gasteiger partial charge on any atom is -0.339 e. The topological polar surface area (TPSA) is 64.2 Å². The Hall–Kier alpha value is -2.41. The fourth-order valence-electron chi connectivity index (χ4n) is 3.89. The SMILES string of the molecule is CC(C)N1C(=O)CN(CN2CCN(C(=O)C(C)(C)c3ccccc3)CC2)C1=O. The summed E-state index contributed by atoms with van der Waals surface area (Å²) in [5.74, 6) is -0.0183. The van der Waals surface area contributed by atoms with E-state index in [2.05, 4.69) is 4.90 Å². The van der Waals surface area contributed by atoms with E-state index in [9.17, 15) is 14.4 Å². The van der Waals surface area contributed by atoms with Crippen LogP contribution in [-0.2, 0) is 15.0 Å². The molecule has 0 aromatic heterocycles. The molecule has 2 fully saturated rings. The smallest absolute Gasteiger partial charge is 0.328 e. The van der Waals surface area contributed by atoms with Gasteiger partial charge in [0.25, 0.3) is 5.91 Å². The molecule has 7 heteroatoms. The van der Waals surface area contributed by atoms with Gasteiger partial charge in [-0.3, -0.25) is 19.4 Å². The lowest BCUT2D eigenvalue weighted by molar-refractivity contribution is -0.138. The van der Waals surface area contributed by atoms with E-state index in [-0.39, 0.29) is 30.4 Å². The van der Waals surface area contributed by atoms with Crippen LogP contribution in [-0.4, -0.2) is 82.9 Å². The third kappa shape index (κ3) is 3.90. The van der Waals surface area contributed by atoms with Crippen molar-refractivity contribution in [2.75, 3.05) is 39.4 Å². The molecule has 28 heavy (non-hydrogen) atoms. The average Bonchev–Trinajstić information content (AvgIpc) is 2.95. The van der Waals surface area contributed by atoms with Crippen LogP contribution in [0.4, 0.5) is 4.79 Å². The largest absolute Gasteiger partial charge is 0.339 e. The van der Waals surface area contributed by atoms with Crippen molar-refractivity contribution in [3.05, 3.63) is 35.9 Å². The Labute approximate surface area is 166 Å². The van der Waals surface area contributed by atoms with Crippen molar-refractivity contribution >= 4 is 17.8 Å². The molecule has 0 spiro atoms. The number of nitrogens with zero attached hydrogens (tertiary/aromatic N) is 4. The zero-order valence-electron chi connectivity index (χ0n) is 17.2. The molecule has 3 rings (SSSR count). The lowest BCUT2D eigenvalue weighted by Crippen LogP contribution is -2.55. The Balaban J connectivity index is 1.56. The second-order valence-electron chi connectivity index (χ2n) is 8.38. The van der Waals surface area contributed by atoms with Crippen molar-refractivity contribution < 1.29 is 14.4 Å². The van der Waals surface area contributed by atoms with E-state index in [0.29, 0.717) is 32.8 Å². The van der Waals surface area contributed by atoms with Crippen LogP contribution in [0.25, 0.3) is 0 Å². The maximum atomic E-state index is 13.1. The summed E-state index contributed by atoms with van der Waals surface area (Å²) in [6.45, 7) is 10.8. The Kier molecular flexibility index (Phi) is 5.74. The standard InChI is InChI=1S/C21H30N4O3/c1-16(2)25-18(26)14-24(20(25)28)15-22-10-12-23(13-11-22)19(27)21(3,4)17-8-6-5-7-9-17/h5-9,16H,10-15H2,1-4H3. The number of urea groups is 1. The maximum absolute atomic E-state index is 13.1. The van der Waals surface area contributed by atoms with Gasteiger partial charge in [-0.1, -0.05) is 30.3 Å². The molecule has 2 aliphatic heterocycles. The van der Waals surface area contributed by atoms with Gasteiger partial charge in [0.1, 0.15) is 6.54 Å². The molecule has 7 nitrogen and oxygen atoms in total. The monoisotopic (exact) mass is 386 g/mol. The Morgan fingerprint density at radius 3 is 2.18 bits per heavy atom. The number of piperazine rings is 1. The highest BCUT2D eigenvalue weighted by molar-refractivity contribution is 6.02. The number of hydrogen-bond acceptors (Lipinski definition) is 4. The first-order valence-corrected chi connectivity index (χ1v) is 9.90. The number of carbonyl (C=O) groups is 3. The molecular weight excluding hydrogens is 356 g/mol. The summed E-state index contributed by atoms with van der Waals surface area (Å²) in [5, 5.41) is 0. The van der Waals surface area contributed by atoms with Crippen LogP contribution in [0.1, 0.15) is 33.3 Å². The molecule has 0 unspecified atom stereocenters. The number of rotatable bonds is 5. The van der Waals surface area contributed by atoms with Gasteiger partial charge in [0.2, 0.25) is 5.91 Å². The third-order valence-electron chi connectivity index (χ3n) is 5.65. The first kappa shape index (κ1) is 20.3. The predicted molar refractivity (Wildman–Crippen MR) is 107 cm³/mol. The van der Waals surface area contributed by atoms with Crippen LogP contribution in [0, 0.1) is 0 Å². The summed E-state index contributed by atoms with van der Waals surface area (Å²) in [5.41, 5.74) is 0.441. The summed E-state index contributed by atoms with van der Waals surface area (Å²) in [6, 6.07) is 9.50. The van der Waals surface area contributed by atoms with Crippen molar-refractivity contribution in [1.29, 1.82) is 0 Å². The first-order valence-electron chi connectivity index (χ1n) is 9.90. The fourth-order valence-corrected chi connectivity index (χ4v) is 3.89. The first-order chi connectivity index (χ1) is 13.2. The zero-order valence-corrected chi connectivity index (χ0v) is 17.2. The molecule has 0 radical (unpaired) electrons. The van der Waals surface area contributed by atoms with Crippen LogP contribution < -0.4 is 0 Å². The van der Waals surface area contributed by atoms with E-state index in [0.717, 1.165) is 5.56 Å². The predicted octanol–water partition coefficient (Wildman–Crippen LogP) is 1.74. The molecule has 0 aliphatic carbocycles. The summed E-state index contributed by atoms with van der Waals surface area (Å²) in [6.07, 6.45) is 0.